The maximum Gasteiger partial charge on any atom is -0.0187 e. The first-order valence-corrected chi connectivity index (χ1v) is 4.73. The van der Waals surface area contributed by atoms with E-state index < -0.39 is 0 Å². The minimum Gasteiger partial charge on any atom is -0.0845 e. The normalized spacial score (nSPS) is 30.2. The monoisotopic (exact) mass is 171 g/mol. The van der Waals surface area contributed by atoms with E-state index in [2.05, 4.69) is 30.4 Å². The fourth-order valence-corrected chi connectivity index (χ4v) is 1.04. The summed E-state index contributed by atoms with van der Waals surface area (Å²) in [6.45, 7) is 0. The first-order valence-electron chi connectivity index (χ1n) is 4.73. The SMILES string of the molecule is [C]1=C/C=C\C=C\C=C/CCC/C=C/1. The summed E-state index contributed by atoms with van der Waals surface area (Å²) < 4.78 is 0. The van der Waals surface area contributed by atoms with Crippen molar-refractivity contribution in [3.8, 4) is 0 Å². The smallest absolute Gasteiger partial charge is 0.0187 e. The molecule has 67 valence electrons. The van der Waals surface area contributed by atoms with Crippen molar-refractivity contribution in [1.29, 1.82) is 0 Å². The maximum absolute atomic E-state index is 3.08. The van der Waals surface area contributed by atoms with Crippen molar-refractivity contribution in [1.82, 2.24) is 0 Å². The first-order chi connectivity index (χ1) is 6.50. The Hall–Kier alpha value is -1.30. The number of hydrogen-bond donors (Lipinski definition) is 0. The van der Waals surface area contributed by atoms with E-state index in [1.165, 1.54) is 6.42 Å². The second-order valence-electron chi connectivity index (χ2n) is 2.86. The largest absolute Gasteiger partial charge is 0.0845 e. The quantitative estimate of drug-likeness (QED) is 0.520. The van der Waals surface area contributed by atoms with E-state index in [0.29, 0.717) is 0 Å². The predicted molar refractivity (Wildman–Crippen MR) is 58.2 cm³/mol. The Morgan fingerprint density at radius 3 is 2.54 bits per heavy atom. The molecule has 0 aromatic heterocycles. The molecule has 0 aliphatic heterocycles. The lowest BCUT2D eigenvalue weighted by atomic mass is 10.2. The van der Waals surface area contributed by atoms with Crippen molar-refractivity contribution < 1.29 is 0 Å². The van der Waals surface area contributed by atoms with Crippen molar-refractivity contribution in [3.05, 3.63) is 60.8 Å². The lowest BCUT2D eigenvalue weighted by molar-refractivity contribution is 0.868. The van der Waals surface area contributed by atoms with Crippen LogP contribution in [0, 0.1) is 6.08 Å². The molecule has 0 aromatic carbocycles. The van der Waals surface area contributed by atoms with Crippen LogP contribution in [-0.4, -0.2) is 0 Å². The van der Waals surface area contributed by atoms with Gasteiger partial charge in [-0.2, -0.15) is 0 Å². The summed E-state index contributed by atoms with van der Waals surface area (Å²) in [5, 5.41) is 0. The Labute approximate surface area is 80.7 Å². The summed E-state index contributed by atoms with van der Waals surface area (Å²) in [5.74, 6) is 0. The molecule has 0 bridgehead atoms. The molecule has 1 aliphatic carbocycles. The summed E-state index contributed by atoms with van der Waals surface area (Å²) in [4.78, 5) is 0. The third kappa shape index (κ3) is 5.92. The van der Waals surface area contributed by atoms with Crippen LogP contribution in [0.3, 0.4) is 0 Å². The fraction of sp³-hybridized carbons (Fsp3) is 0.231. The summed E-state index contributed by atoms with van der Waals surface area (Å²) in [6.07, 6.45) is 25.0. The van der Waals surface area contributed by atoms with E-state index >= 15 is 0 Å². The molecule has 1 aliphatic rings. The van der Waals surface area contributed by atoms with Gasteiger partial charge in [-0.25, -0.2) is 0 Å². The highest BCUT2D eigenvalue weighted by Crippen LogP contribution is 1.98. The first kappa shape index (κ1) is 9.79. The Morgan fingerprint density at radius 2 is 1.54 bits per heavy atom. The molecule has 0 saturated carbocycles. The average molecular weight is 171 g/mol. The van der Waals surface area contributed by atoms with Crippen LogP contribution >= 0.6 is 0 Å². The van der Waals surface area contributed by atoms with Crippen LogP contribution in [0.5, 0.6) is 0 Å². The third-order valence-corrected chi connectivity index (χ3v) is 1.73. The highest BCUT2D eigenvalue weighted by Gasteiger charge is 1.79. The zero-order chi connectivity index (χ0) is 9.19. The Kier molecular flexibility index (Phi) is 5.54. The minimum absolute atomic E-state index is 1.14. The maximum atomic E-state index is 3.08. The number of rotatable bonds is 0. The molecule has 0 unspecified atom stereocenters. The molecule has 0 aromatic rings. The molecule has 0 heteroatoms. The van der Waals surface area contributed by atoms with Crippen LogP contribution in [0.4, 0.5) is 0 Å². The molecule has 0 nitrogen and oxygen atoms in total. The summed E-state index contributed by atoms with van der Waals surface area (Å²) in [5.41, 5.74) is 0. The highest BCUT2D eigenvalue weighted by atomic mass is 13.8. The number of hydrogen-bond acceptors (Lipinski definition) is 0. The Bertz CT molecular complexity index is 223. The average Bonchev–Trinajstić information content (AvgIpc) is 2.18. The van der Waals surface area contributed by atoms with Crippen LogP contribution in [0.15, 0.2) is 54.7 Å². The molecule has 1 radical (unpaired) electrons. The molecule has 0 amide bonds. The zero-order valence-electron chi connectivity index (χ0n) is 7.82. The van der Waals surface area contributed by atoms with E-state index in [9.17, 15) is 0 Å². The van der Waals surface area contributed by atoms with Gasteiger partial charge in [0.15, 0.2) is 0 Å². The molecule has 0 atom stereocenters. The molecule has 1 rings (SSSR count). The lowest BCUT2D eigenvalue weighted by Gasteiger charge is -1.87. The second-order valence-corrected chi connectivity index (χ2v) is 2.86. The van der Waals surface area contributed by atoms with Gasteiger partial charge in [0, 0.05) is 0 Å². The standard InChI is InChI=1S/C13H15/c1-2-4-6-8-10-12-13-11-9-7-5-3-1/h1-7,11,13H,8,10,12H2/b2-1+,5-3-,6-4-,9-7?,13-11+. The molecule has 0 N–H and O–H groups in total. The Morgan fingerprint density at radius 1 is 0.769 bits per heavy atom. The van der Waals surface area contributed by atoms with E-state index in [1.54, 1.807) is 0 Å². The van der Waals surface area contributed by atoms with Crippen LogP contribution in [-0.2, 0) is 0 Å². The van der Waals surface area contributed by atoms with Crippen molar-refractivity contribution >= 4 is 0 Å². The highest BCUT2D eigenvalue weighted by molar-refractivity contribution is 5.16. The van der Waals surface area contributed by atoms with Crippen molar-refractivity contribution in [3.63, 3.8) is 0 Å². The van der Waals surface area contributed by atoms with E-state index in [1.807, 2.05) is 30.4 Å². The molecule has 0 spiro atoms. The molecular formula is C13H15. The van der Waals surface area contributed by atoms with Gasteiger partial charge in [-0.3, -0.25) is 0 Å². The van der Waals surface area contributed by atoms with Gasteiger partial charge in [-0.15, -0.1) is 0 Å². The minimum atomic E-state index is 1.14. The van der Waals surface area contributed by atoms with Crippen molar-refractivity contribution in [2.45, 2.75) is 19.3 Å². The van der Waals surface area contributed by atoms with Crippen LogP contribution in [0.2, 0.25) is 0 Å². The number of allylic oxidation sites excluding steroid dienone is 10. The van der Waals surface area contributed by atoms with Crippen molar-refractivity contribution in [2.75, 3.05) is 0 Å². The van der Waals surface area contributed by atoms with Gasteiger partial charge in [-0.1, -0.05) is 54.7 Å². The fourth-order valence-electron chi connectivity index (χ4n) is 1.04. The van der Waals surface area contributed by atoms with Gasteiger partial charge >= 0.3 is 0 Å². The van der Waals surface area contributed by atoms with Gasteiger partial charge in [-0.05, 0) is 25.3 Å². The van der Waals surface area contributed by atoms with Crippen LogP contribution in [0.25, 0.3) is 0 Å². The van der Waals surface area contributed by atoms with Gasteiger partial charge in [0.2, 0.25) is 0 Å². The topological polar surface area (TPSA) is 0 Å². The van der Waals surface area contributed by atoms with E-state index in [0.717, 1.165) is 12.8 Å². The van der Waals surface area contributed by atoms with Gasteiger partial charge in [0.1, 0.15) is 0 Å². The molecule has 0 saturated heterocycles. The molecule has 0 heterocycles. The van der Waals surface area contributed by atoms with Gasteiger partial charge < -0.3 is 0 Å². The predicted octanol–water partition coefficient (Wildman–Crippen LogP) is 3.75. The zero-order valence-corrected chi connectivity index (χ0v) is 7.82. The van der Waals surface area contributed by atoms with Gasteiger partial charge in [0.25, 0.3) is 0 Å². The van der Waals surface area contributed by atoms with Crippen LogP contribution in [0.1, 0.15) is 19.3 Å². The van der Waals surface area contributed by atoms with Gasteiger partial charge in [0.05, 0.1) is 0 Å². The van der Waals surface area contributed by atoms with E-state index in [4.69, 9.17) is 0 Å². The summed E-state index contributed by atoms with van der Waals surface area (Å²) in [6, 6.07) is 0. The lowest BCUT2D eigenvalue weighted by Crippen LogP contribution is -1.67. The molecule has 0 fully saturated rings. The van der Waals surface area contributed by atoms with E-state index in [-0.39, 0.29) is 0 Å². The summed E-state index contributed by atoms with van der Waals surface area (Å²) in [7, 11) is 0. The van der Waals surface area contributed by atoms with Crippen LogP contribution < -0.4 is 0 Å². The molecular weight excluding hydrogens is 156 g/mol. The third-order valence-electron chi connectivity index (χ3n) is 1.73. The van der Waals surface area contributed by atoms with Crippen molar-refractivity contribution in [2.24, 2.45) is 0 Å². The summed E-state index contributed by atoms with van der Waals surface area (Å²) >= 11 is 0. The second kappa shape index (κ2) is 7.35. The Balaban J connectivity index is 2.51. The molecule has 13 heavy (non-hydrogen) atoms.